The Bertz CT molecular complexity index is 5930. The number of ether oxygens (including phenoxy) is 3. The van der Waals surface area contributed by atoms with Gasteiger partial charge in [0.25, 0.3) is 47.3 Å². The van der Waals surface area contributed by atoms with E-state index in [2.05, 4.69) is 61.3 Å². The van der Waals surface area contributed by atoms with Gasteiger partial charge in [-0.2, -0.15) is 17.2 Å². The molecule has 9 amide bonds. The molecule has 760 valence electrons. The largest absolute Gasteiger partial charge is 0.379 e. The monoisotopic (exact) mass is 2090 g/mol. The number of anilines is 4. The molecule has 3 aliphatic heterocycles. The molecule has 5 unspecified atom stereocenters. The van der Waals surface area contributed by atoms with Gasteiger partial charge in [-0.25, -0.2) is 55.6 Å². The lowest BCUT2D eigenvalue weighted by Crippen LogP contribution is -2.54. The summed E-state index contributed by atoms with van der Waals surface area (Å²) in [6, 6.07) is 21.3. The van der Waals surface area contributed by atoms with E-state index in [1.54, 1.807) is 85.6 Å². The Balaban J connectivity index is 0.000000209. The van der Waals surface area contributed by atoms with Gasteiger partial charge in [0.2, 0.25) is 46.0 Å². The summed E-state index contributed by atoms with van der Waals surface area (Å²) in [5, 5.41) is 50.5. The maximum absolute atomic E-state index is 13.9. The van der Waals surface area contributed by atoms with E-state index in [4.69, 9.17) is 19.4 Å². The first kappa shape index (κ1) is 113. The molecule has 140 heavy (non-hydrogen) atoms. The van der Waals surface area contributed by atoms with Gasteiger partial charge >= 0.3 is 0 Å². The second-order valence-electron chi connectivity index (χ2n) is 32.0. The minimum atomic E-state index is -4.25. The van der Waals surface area contributed by atoms with Gasteiger partial charge in [0.15, 0.2) is 0 Å². The third-order valence-electron chi connectivity index (χ3n) is 21.9. The number of thiazole rings is 4. The number of carbonyl (C=O) groups excluding carboxylic acids is 9. The zero-order valence-corrected chi connectivity index (χ0v) is 84.0. The fourth-order valence-electron chi connectivity index (χ4n) is 14.2. The van der Waals surface area contributed by atoms with Crippen LogP contribution in [0.4, 0.5) is 22.7 Å². The molecule has 0 aliphatic carbocycles. The highest BCUT2D eigenvalue weighted by molar-refractivity contribution is 7.90. The zero-order chi connectivity index (χ0) is 102. The predicted molar refractivity (Wildman–Crippen MR) is 517 cm³/mol. The lowest BCUT2D eigenvalue weighted by Gasteiger charge is -2.35. The number of rotatable bonds is 43. The number of amides is 9. The van der Waals surface area contributed by atoms with Crippen LogP contribution in [0.2, 0.25) is 0 Å². The lowest BCUT2D eigenvalue weighted by molar-refractivity contribution is -0.135. The second kappa shape index (κ2) is 55.4. The summed E-state index contributed by atoms with van der Waals surface area (Å²) in [5.41, 5.74) is 14.6. The van der Waals surface area contributed by atoms with E-state index in [0.717, 1.165) is 17.2 Å². The number of hydroxylamine groups is 4. The summed E-state index contributed by atoms with van der Waals surface area (Å²) in [4.78, 5) is 140. The number of benzene rings is 4. The Morgan fingerprint density at radius 1 is 0.414 bits per heavy atom. The Morgan fingerprint density at radius 2 is 0.736 bits per heavy atom. The van der Waals surface area contributed by atoms with Crippen LogP contribution in [0, 0.1) is 11.8 Å². The molecule has 0 saturated carbocycles. The predicted octanol–water partition coefficient (Wildman–Crippen LogP) is 4.42. The molecular weight excluding hydrogens is 1980 g/mol. The summed E-state index contributed by atoms with van der Waals surface area (Å²) in [6.07, 6.45) is 9.26. The molecule has 54 heteroatoms. The summed E-state index contributed by atoms with van der Waals surface area (Å²) in [7, 11) is -13.1. The number of pyridine rings is 1. The van der Waals surface area contributed by atoms with Crippen molar-refractivity contribution in [2.75, 3.05) is 167 Å². The van der Waals surface area contributed by atoms with Crippen LogP contribution < -0.4 is 48.5 Å². The van der Waals surface area contributed by atoms with Gasteiger partial charge in [-0.3, -0.25) is 104 Å². The molecule has 3 aliphatic rings. The van der Waals surface area contributed by atoms with Crippen molar-refractivity contribution < 1.29 is 112 Å². The van der Waals surface area contributed by atoms with Crippen molar-refractivity contribution in [3.8, 4) is 0 Å². The van der Waals surface area contributed by atoms with Crippen LogP contribution in [0.1, 0.15) is 91.7 Å². The molecule has 8 heterocycles. The average molecular weight is 2100 g/mol. The van der Waals surface area contributed by atoms with E-state index in [-0.39, 0.29) is 101 Å². The normalized spacial score (nSPS) is 15.1. The number of nitrogens with one attached hydrogen (secondary N) is 9. The number of morpholine rings is 3. The van der Waals surface area contributed by atoms with E-state index in [1.807, 2.05) is 11.8 Å². The minimum Gasteiger partial charge on any atom is -0.379 e. The average Bonchev–Trinajstić information content (AvgIpc) is 0.830. The number of sulfonamides is 4. The Hall–Kier alpha value is -11.0. The van der Waals surface area contributed by atoms with Gasteiger partial charge in [-0.05, 0) is 148 Å². The molecule has 9 aromatic rings. The number of hydrogen-bond acceptors (Lipinski definition) is 37. The molecule has 4 aromatic carbocycles. The maximum Gasteiger partial charge on any atom is 0.267 e. The van der Waals surface area contributed by atoms with E-state index >= 15 is 0 Å². The molecule has 3 fully saturated rings. The zero-order valence-electron chi connectivity index (χ0n) is 77.4. The summed E-state index contributed by atoms with van der Waals surface area (Å²) in [5.74, 6) is -5.81. The van der Waals surface area contributed by atoms with Crippen LogP contribution in [-0.2, 0) is 84.8 Å². The molecule has 3 saturated heterocycles. The minimum absolute atomic E-state index is 0.0108. The number of nitrogens with zero attached hydrogens (tertiary/aromatic N) is 13. The number of aromatic nitrogens is 5. The van der Waals surface area contributed by atoms with Crippen LogP contribution in [-0.4, -0.2) is 339 Å². The van der Waals surface area contributed by atoms with Gasteiger partial charge < -0.3 is 45.7 Å². The summed E-state index contributed by atoms with van der Waals surface area (Å²) >= 11 is 4.74. The lowest BCUT2D eigenvalue weighted by atomic mass is 9.98. The molecule has 46 nitrogen and oxygen atoms in total. The Kier molecular flexibility index (Phi) is 44.6. The van der Waals surface area contributed by atoms with Crippen molar-refractivity contribution >= 4 is 161 Å². The molecular formula is C86H114N22O24S8. The Morgan fingerprint density at radius 3 is 1.04 bits per heavy atom. The van der Waals surface area contributed by atoms with E-state index < -0.39 is 93.8 Å². The van der Waals surface area contributed by atoms with Crippen molar-refractivity contribution in [1.82, 2.24) is 89.0 Å². The second-order valence-corrected chi connectivity index (χ2v) is 43.1. The van der Waals surface area contributed by atoms with Gasteiger partial charge in [0.1, 0.15) is 43.7 Å². The van der Waals surface area contributed by atoms with E-state index in [0.29, 0.717) is 153 Å². The topological polar surface area (TPSA) is 597 Å². The van der Waals surface area contributed by atoms with Crippen LogP contribution in [0.25, 0.3) is 0 Å². The molecule has 5 aromatic heterocycles. The highest BCUT2D eigenvalue weighted by Gasteiger charge is 2.43. The Labute approximate surface area is 826 Å². The molecule has 13 N–H and O–H groups in total. The first-order chi connectivity index (χ1) is 66.9. The SMILES string of the molecule is CC(C(=O)NO)N(Cc1cccnc1)S(=O)(=O)c1ccc(NC(=O)c2cncs2)cc1.CC(C)C(C(=O)NO)N(CCN1CCOCC1)S(=O)(=O)c1ccc(NC(=O)c2cncs2)cc1.CCC(C)C(C(=O)NO)N(CCN1CCOCC1)S(=O)(=O)c1ccc(NC(=O)c2cncs2)cc1.CN(C)CC(=O)NCCC(C(=O)NO)N(CCN1CCOCC1)S(=O)(=O)c1ccc(NC(=O)c2cncs2)cc1. The molecule has 0 radical (unpaired) electrons. The smallest absolute Gasteiger partial charge is 0.267 e. The van der Waals surface area contributed by atoms with Crippen molar-refractivity contribution in [2.24, 2.45) is 11.8 Å². The third-order valence-corrected chi connectivity index (χ3v) is 32.6. The van der Waals surface area contributed by atoms with Crippen molar-refractivity contribution in [1.29, 1.82) is 0 Å². The van der Waals surface area contributed by atoms with Gasteiger partial charge in [-0.15, -0.1) is 45.3 Å². The van der Waals surface area contributed by atoms with Gasteiger partial charge in [-0.1, -0.05) is 40.2 Å². The quantitative estimate of drug-likeness (QED) is 0.0186. The van der Waals surface area contributed by atoms with E-state index in [9.17, 15) is 92.4 Å². The third kappa shape index (κ3) is 32.8. The number of carbonyl (C=O) groups is 9. The number of likely N-dealkylation sites (N-methyl/N-ethyl adjacent to an activating group) is 1. The molecule has 0 bridgehead atoms. The van der Waals surface area contributed by atoms with Crippen molar-refractivity contribution in [2.45, 2.75) is 97.8 Å². The first-order valence-electron chi connectivity index (χ1n) is 43.7. The van der Waals surface area contributed by atoms with Crippen LogP contribution in [0.5, 0.6) is 0 Å². The van der Waals surface area contributed by atoms with Crippen LogP contribution in [0.15, 0.2) is 188 Å². The fraction of sp³-hybridized carbons (Fsp3) is 0.419. The summed E-state index contributed by atoms with van der Waals surface area (Å²) in [6.45, 7) is 16.8. The number of hydrogen-bond donors (Lipinski definition) is 13. The summed E-state index contributed by atoms with van der Waals surface area (Å²) < 4.78 is 129. The molecule has 0 spiro atoms. The van der Waals surface area contributed by atoms with E-state index in [1.165, 1.54) is 197 Å². The van der Waals surface area contributed by atoms with Crippen LogP contribution >= 0.6 is 45.3 Å². The van der Waals surface area contributed by atoms with Gasteiger partial charge in [0, 0.05) is 127 Å². The van der Waals surface area contributed by atoms with Crippen molar-refractivity contribution in [3.05, 3.63) is 193 Å². The van der Waals surface area contributed by atoms with Crippen molar-refractivity contribution in [3.63, 3.8) is 0 Å². The first-order valence-corrected chi connectivity index (χ1v) is 53.0. The standard InChI is InChI=1S/C24H35N7O7S2.C22H31N5O6S2.C21H29N5O6S2.C19H19N5O5S2/c1-29(2)16-22(32)26-8-7-20(23(33)28-35)31(10-9-30-11-13-38-14-12-30)40(36,37)19-5-3-18(4-6-19)27-24(34)21-15-25-17-39-21;1-3-16(2)20(22(29)25-30)27(9-8-26-10-12-33-13-11-26)35(31,32)18-6-4-17(5-7-18)24-21(28)19-14-23-15-34-19;1-15(2)19(21(28)24-29)26(8-7-25-9-11-32-12-10-25)34(30,31)17-5-3-16(4-6-17)23-20(27)18-13-22-14-33-18;1-13(18(25)23-27)24(11-14-3-2-8-20-9-14)31(28,29)16-6-4-15(5-7-16)22-19(26)17-10-21-12-30-17/h3-6,15,17,20,35H,7-14,16H2,1-2H3,(H,26,32)(H,27,34)(H,28,33);4-7,14-16,20,30H,3,8-13H2,1-2H3,(H,24,28)(H,25,29);3-6,13-15,19,29H,7-12H2,1-2H3,(H,23,27)(H,24,28);2-10,12-13,27H,11H2,1H3,(H,22,26)(H,23,25). The van der Waals surface area contributed by atoms with Crippen LogP contribution in [0.3, 0.4) is 0 Å². The fourth-order valence-corrected chi connectivity index (χ4v) is 22.9. The highest BCUT2D eigenvalue weighted by Crippen LogP contribution is 2.31. The van der Waals surface area contributed by atoms with Gasteiger partial charge in [0.05, 0.1) is 113 Å². The maximum atomic E-state index is 13.9. The molecule has 12 rings (SSSR count). The highest BCUT2D eigenvalue weighted by atomic mass is 32.2. The molecule has 5 atom stereocenters.